The average molecular weight is 261 g/mol. The Hall–Kier alpha value is -0.680. The zero-order chi connectivity index (χ0) is 12.1. The van der Waals surface area contributed by atoms with Gasteiger partial charge in [-0.2, -0.15) is 16.7 Å². The molecule has 0 fully saturated rings. The molecule has 0 aromatic carbocycles. The average Bonchev–Trinajstić information content (AvgIpc) is 2.23. The third-order valence-electron chi connectivity index (χ3n) is 2.28. The van der Waals surface area contributed by atoms with E-state index in [1.54, 1.807) is 6.07 Å². The summed E-state index contributed by atoms with van der Waals surface area (Å²) in [5, 5.41) is 0.379. The van der Waals surface area contributed by atoms with E-state index in [1.165, 1.54) is 0 Å². The van der Waals surface area contributed by atoms with Gasteiger partial charge in [0.15, 0.2) is 0 Å². The van der Waals surface area contributed by atoms with Crippen molar-refractivity contribution < 1.29 is 0 Å². The Bertz CT molecular complexity index is 327. The molecule has 0 radical (unpaired) electrons. The van der Waals surface area contributed by atoms with E-state index in [0.717, 1.165) is 17.3 Å². The number of hydrogen-bond donors (Lipinski definition) is 1. The first-order valence-corrected chi connectivity index (χ1v) is 6.68. The Kier molecular flexibility index (Phi) is 5.15. The number of nitrogens with two attached hydrogens (primary N) is 1. The quantitative estimate of drug-likeness (QED) is 0.824. The van der Waals surface area contributed by atoms with E-state index in [4.69, 9.17) is 17.3 Å². The molecule has 0 aliphatic heterocycles. The van der Waals surface area contributed by atoms with Gasteiger partial charge >= 0.3 is 0 Å². The van der Waals surface area contributed by atoms with E-state index < -0.39 is 0 Å². The highest BCUT2D eigenvalue weighted by Crippen LogP contribution is 2.19. The summed E-state index contributed by atoms with van der Waals surface area (Å²) >= 11 is 7.74. The van der Waals surface area contributed by atoms with Crippen LogP contribution in [0.1, 0.15) is 13.8 Å². The highest BCUT2D eigenvalue weighted by molar-refractivity contribution is 7.99. The molecule has 0 saturated carbocycles. The van der Waals surface area contributed by atoms with Crippen molar-refractivity contribution in [3.8, 4) is 0 Å². The van der Waals surface area contributed by atoms with Crippen LogP contribution in [0.5, 0.6) is 0 Å². The number of nitrogen functional groups attached to an aromatic ring is 1. The lowest BCUT2D eigenvalue weighted by molar-refractivity contribution is 0.752. The van der Waals surface area contributed by atoms with Gasteiger partial charge in [0.25, 0.3) is 0 Å². The van der Waals surface area contributed by atoms with E-state index >= 15 is 0 Å². The number of hydrogen-bond acceptors (Lipinski definition) is 5. The number of anilines is 2. The molecule has 90 valence electrons. The predicted molar refractivity (Wildman–Crippen MR) is 72.3 cm³/mol. The number of nitrogens with zero attached hydrogens (tertiary/aromatic N) is 3. The van der Waals surface area contributed by atoms with Crippen LogP contribution < -0.4 is 10.6 Å². The molecule has 4 nitrogen and oxygen atoms in total. The maximum absolute atomic E-state index is 5.84. The van der Waals surface area contributed by atoms with Crippen molar-refractivity contribution in [3.05, 3.63) is 11.2 Å². The van der Waals surface area contributed by atoms with Crippen LogP contribution in [0.2, 0.25) is 5.15 Å². The van der Waals surface area contributed by atoms with Crippen LogP contribution in [0.15, 0.2) is 6.07 Å². The Morgan fingerprint density at radius 1 is 1.56 bits per heavy atom. The van der Waals surface area contributed by atoms with E-state index in [2.05, 4.69) is 28.7 Å². The van der Waals surface area contributed by atoms with Crippen LogP contribution in [-0.4, -0.2) is 34.6 Å². The molecule has 1 atom stereocenters. The summed E-state index contributed by atoms with van der Waals surface area (Å²) in [7, 11) is 1.99. The lowest BCUT2D eigenvalue weighted by atomic mass is 10.3. The van der Waals surface area contributed by atoms with Gasteiger partial charge in [-0.25, -0.2) is 4.98 Å². The van der Waals surface area contributed by atoms with Gasteiger partial charge in [-0.3, -0.25) is 0 Å². The monoisotopic (exact) mass is 260 g/mol. The first kappa shape index (κ1) is 13.4. The van der Waals surface area contributed by atoms with Crippen molar-refractivity contribution in [1.82, 2.24) is 9.97 Å². The van der Waals surface area contributed by atoms with Gasteiger partial charge in [0.1, 0.15) is 11.0 Å². The SMILES string of the molecule is CCSC[C@H](C)N(C)c1cc(Cl)nc(N)n1. The minimum absolute atomic E-state index is 0.213. The second-order valence-electron chi connectivity index (χ2n) is 3.53. The Morgan fingerprint density at radius 2 is 2.25 bits per heavy atom. The molecule has 0 unspecified atom stereocenters. The number of halogens is 1. The molecule has 1 aromatic heterocycles. The molecule has 0 bridgehead atoms. The van der Waals surface area contributed by atoms with Gasteiger partial charge in [-0.1, -0.05) is 18.5 Å². The Morgan fingerprint density at radius 3 is 2.81 bits per heavy atom. The van der Waals surface area contributed by atoms with Crippen LogP contribution >= 0.6 is 23.4 Å². The molecule has 1 heterocycles. The van der Waals surface area contributed by atoms with Gasteiger partial charge in [-0.15, -0.1) is 0 Å². The number of rotatable bonds is 5. The fourth-order valence-corrected chi connectivity index (χ4v) is 2.21. The van der Waals surface area contributed by atoms with Crippen molar-refractivity contribution in [2.24, 2.45) is 0 Å². The predicted octanol–water partition coefficient (Wildman–Crippen LogP) is 2.29. The minimum Gasteiger partial charge on any atom is -0.368 e. The van der Waals surface area contributed by atoms with Crippen molar-refractivity contribution in [2.75, 3.05) is 29.2 Å². The van der Waals surface area contributed by atoms with Gasteiger partial charge < -0.3 is 10.6 Å². The third kappa shape index (κ3) is 3.72. The van der Waals surface area contributed by atoms with E-state index in [-0.39, 0.29) is 5.95 Å². The van der Waals surface area contributed by atoms with Crippen molar-refractivity contribution in [3.63, 3.8) is 0 Å². The molecule has 0 amide bonds. The molecule has 1 aromatic rings. The summed E-state index contributed by atoms with van der Waals surface area (Å²) in [6.07, 6.45) is 0. The molecule has 0 aliphatic rings. The maximum Gasteiger partial charge on any atom is 0.223 e. The van der Waals surface area contributed by atoms with Gasteiger partial charge in [0.05, 0.1) is 0 Å². The van der Waals surface area contributed by atoms with Crippen molar-refractivity contribution in [1.29, 1.82) is 0 Å². The lowest BCUT2D eigenvalue weighted by Gasteiger charge is -2.25. The fourth-order valence-electron chi connectivity index (χ4n) is 1.23. The van der Waals surface area contributed by atoms with Crippen LogP contribution in [0.3, 0.4) is 0 Å². The molecular formula is C10H17ClN4S. The summed E-state index contributed by atoms with van der Waals surface area (Å²) in [4.78, 5) is 10.1. The molecule has 0 aliphatic carbocycles. The summed E-state index contributed by atoms with van der Waals surface area (Å²) in [5.74, 6) is 3.14. The molecule has 2 N–H and O–H groups in total. The molecule has 16 heavy (non-hydrogen) atoms. The highest BCUT2D eigenvalue weighted by atomic mass is 35.5. The minimum atomic E-state index is 0.213. The zero-order valence-electron chi connectivity index (χ0n) is 9.77. The summed E-state index contributed by atoms with van der Waals surface area (Å²) in [6.45, 7) is 4.30. The molecule has 1 rings (SSSR count). The molecule has 6 heteroatoms. The van der Waals surface area contributed by atoms with Crippen molar-refractivity contribution in [2.45, 2.75) is 19.9 Å². The highest BCUT2D eigenvalue weighted by Gasteiger charge is 2.12. The number of aromatic nitrogens is 2. The van der Waals surface area contributed by atoms with Crippen LogP contribution in [0, 0.1) is 0 Å². The van der Waals surface area contributed by atoms with E-state index in [0.29, 0.717) is 11.2 Å². The summed E-state index contributed by atoms with van der Waals surface area (Å²) in [6, 6.07) is 2.11. The van der Waals surface area contributed by atoms with Crippen LogP contribution in [0.25, 0.3) is 0 Å². The smallest absolute Gasteiger partial charge is 0.223 e. The standard InChI is InChI=1S/C10H17ClN4S/c1-4-16-6-7(2)15(3)9-5-8(11)13-10(12)14-9/h5,7H,4,6H2,1-3H3,(H2,12,13,14)/t7-/m0/s1. The van der Waals surface area contributed by atoms with Crippen molar-refractivity contribution >= 4 is 35.1 Å². The summed E-state index contributed by atoms with van der Waals surface area (Å²) in [5.41, 5.74) is 5.56. The topological polar surface area (TPSA) is 55.0 Å². The van der Waals surface area contributed by atoms with E-state index in [1.807, 2.05) is 18.8 Å². The largest absolute Gasteiger partial charge is 0.368 e. The number of thioether (sulfide) groups is 1. The summed E-state index contributed by atoms with van der Waals surface area (Å²) < 4.78 is 0. The lowest BCUT2D eigenvalue weighted by Crippen LogP contribution is -2.31. The van der Waals surface area contributed by atoms with Crippen LogP contribution in [-0.2, 0) is 0 Å². The first-order chi connectivity index (χ1) is 7.54. The van der Waals surface area contributed by atoms with Crippen LogP contribution in [0.4, 0.5) is 11.8 Å². The molecular weight excluding hydrogens is 244 g/mol. The van der Waals surface area contributed by atoms with Gasteiger partial charge in [0.2, 0.25) is 5.95 Å². The Balaban J connectivity index is 2.74. The normalized spacial score (nSPS) is 12.5. The second kappa shape index (κ2) is 6.15. The fraction of sp³-hybridized carbons (Fsp3) is 0.600. The molecule has 0 spiro atoms. The van der Waals surface area contributed by atoms with Gasteiger partial charge in [0, 0.05) is 24.9 Å². The maximum atomic E-state index is 5.84. The molecule has 0 saturated heterocycles. The third-order valence-corrected chi connectivity index (χ3v) is 3.60. The second-order valence-corrected chi connectivity index (χ2v) is 5.23. The zero-order valence-corrected chi connectivity index (χ0v) is 11.3. The Labute approximate surface area is 106 Å². The van der Waals surface area contributed by atoms with E-state index in [9.17, 15) is 0 Å². The van der Waals surface area contributed by atoms with Gasteiger partial charge in [-0.05, 0) is 12.7 Å². The first-order valence-electron chi connectivity index (χ1n) is 5.15.